The number of rotatable bonds is 6. The predicted octanol–water partition coefficient (Wildman–Crippen LogP) is 2.60. The van der Waals surface area contributed by atoms with Gasteiger partial charge in [0.15, 0.2) is 5.75 Å². The highest BCUT2D eigenvalue weighted by Crippen LogP contribution is 2.31. The standard InChI is InChI=1S/C14H15N3O5S2/c1-17(2)16-15-11-8-9-14(13(10-11)22-24(19,20)21)23(18)12-6-4-3-5-7-12/h3-10H,1-2H3,(H,19,20,21). The van der Waals surface area contributed by atoms with Crippen molar-refractivity contribution in [2.45, 2.75) is 9.79 Å². The average Bonchev–Trinajstić information content (AvgIpc) is 2.52. The number of hydrogen-bond donors (Lipinski definition) is 1. The van der Waals surface area contributed by atoms with Gasteiger partial charge in [-0.25, -0.2) is 4.21 Å². The Bertz CT molecular complexity index is 867. The first-order valence-corrected chi connectivity index (χ1v) is 9.14. The minimum absolute atomic E-state index is 0.0858. The van der Waals surface area contributed by atoms with Crippen molar-refractivity contribution < 1.29 is 21.4 Å². The van der Waals surface area contributed by atoms with Gasteiger partial charge in [0.1, 0.15) is 0 Å². The van der Waals surface area contributed by atoms with Crippen molar-refractivity contribution in [2.24, 2.45) is 10.3 Å². The van der Waals surface area contributed by atoms with E-state index in [4.69, 9.17) is 4.55 Å². The molecule has 1 unspecified atom stereocenters. The molecule has 128 valence electrons. The molecule has 0 radical (unpaired) electrons. The molecule has 2 aromatic carbocycles. The van der Waals surface area contributed by atoms with E-state index < -0.39 is 21.2 Å². The Balaban J connectivity index is 2.48. The summed E-state index contributed by atoms with van der Waals surface area (Å²) in [5, 5.41) is 9.09. The van der Waals surface area contributed by atoms with Crippen molar-refractivity contribution in [1.29, 1.82) is 0 Å². The van der Waals surface area contributed by atoms with E-state index in [2.05, 4.69) is 14.5 Å². The van der Waals surface area contributed by atoms with Gasteiger partial charge >= 0.3 is 10.4 Å². The van der Waals surface area contributed by atoms with Crippen molar-refractivity contribution in [3.8, 4) is 5.75 Å². The van der Waals surface area contributed by atoms with E-state index in [1.54, 1.807) is 44.4 Å². The van der Waals surface area contributed by atoms with Crippen molar-refractivity contribution in [2.75, 3.05) is 14.1 Å². The van der Waals surface area contributed by atoms with Gasteiger partial charge in [0, 0.05) is 25.1 Å². The van der Waals surface area contributed by atoms with Gasteiger partial charge < -0.3 is 4.18 Å². The molecule has 0 aliphatic rings. The van der Waals surface area contributed by atoms with E-state index >= 15 is 0 Å². The lowest BCUT2D eigenvalue weighted by Gasteiger charge is -2.09. The molecule has 1 atom stereocenters. The van der Waals surface area contributed by atoms with Gasteiger partial charge in [0.2, 0.25) is 0 Å². The van der Waals surface area contributed by atoms with E-state index in [9.17, 15) is 12.6 Å². The summed E-state index contributed by atoms with van der Waals surface area (Å²) in [5.74, 6) is -0.283. The molecule has 0 bridgehead atoms. The first-order valence-electron chi connectivity index (χ1n) is 6.63. The summed E-state index contributed by atoms with van der Waals surface area (Å²) < 4.78 is 48.2. The topological polar surface area (TPSA) is 109 Å². The third-order valence-electron chi connectivity index (χ3n) is 2.62. The molecule has 0 amide bonds. The minimum atomic E-state index is -4.78. The molecule has 1 N–H and O–H groups in total. The SMILES string of the molecule is CN(C)N=Nc1ccc(S(=O)c2ccccc2)c(OS(=O)(=O)O)c1. The zero-order valence-electron chi connectivity index (χ0n) is 12.9. The molecule has 0 saturated carbocycles. The highest BCUT2D eigenvalue weighted by Gasteiger charge is 2.18. The summed E-state index contributed by atoms with van der Waals surface area (Å²) in [5.41, 5.74) is 0.274. The summed E-state index contributed by atoms with van der Waals surface area (Å²) in [7, 11) is -3.15. The summed E-state index contributed by atoms with van der Waals surface area (Å²) in [4.78, 5) is 0.544. The fourth-order valence-corrected chi connectivity index (χ4v) is 3.25. The van der Waals surface area contributed by atoms with Crippen LogP contribution in [0.2, 0.25) is 0 Å². The molecule has 8 nitrogen and oxygen atoms in total. The monoisotopic (exact) mass is 369 g/mol. The van der Waals surface area contributed by atoms with Crippen LogP contribution in [0.25, 0.3) is 0 Å². The molecule has 0 fully saturated rings. The molecular formula is C14H15N3O5S2. The van der Waals surface area contributed by atoms with Gasteiger partial charge in [-0.3, -0.25) is 9.56 Å². The molecule has 24 heavy (non-hydrogen) atoms. The minimum Gasteiger partial charge on any atom is -0.360 e. The van der Waals surface area contributed by atoms with Crippen LogP contribution in [0.3, 0.4) is 0 Å². The third-order valence-corrected chi connectivity index (χ3v) is 4.45. The third kappa shape index (κ3) is 5.11. The Morgan fingerprint density at radius 1 is 1.12 bits per heavy atom. The Labute approximate surface area is 142 Å². The molecular weight excluding hydrogens is 354 g/mol. The quantitative estimate of drug-likeness (QED) is 0.476. The molecule has 10 heteroatoms. The molecule has 0 aliphatic heterocycles. The van der Waals surface area contributed by atoms with Crippen LogP contribution < -0.4 is 4.18 Å². The molecule has 0 spiro atoms. The maximum Gasteiger partial charge on any atom is 0.446 e. The molecule has 2 aromatic rings. The highest BCUT2D eigenvalue weighted by atomic mass is 32.3. The van der Waals surface area contributed by atoms with E-state index in [-0.39, 0.29) is 16.3 Å². The lowest BCUT2D eigenvalue weighted by Crippen LogP contribution is -2.09. The van der Waals surface area contributed by atoms with Gasteiger partial charge in [-0.15, -0.1) is 5.11 Å². The molecule has 0 heterocycles. The second kappa shape index (κ2) is 7.51. The maximum absolute atomic E-state index is 12.6. The van der Waals surface area contributed by atoms with Crippen molar-refractivity contribution in [3.63, 3.8) is 0 Å². The fourth-order valence-electron chi connectivity index (χ4n) is 1.70. The summed E-state index contributed by atoms with van der Waals surface area (Å²) in [6, 6.07) is 12.6. The lowest BCUT2D eigenvalue weighted by atomic mass is 10.3. The Morgan fingerprint density at radius 2 is 1.79 bits per heavy atom. The van der Waals surface area contributed by atoms with E-state index in [0.29, 0.717) is 4.90 Å². The highest BCUT2D eigenvalue weighted by molar-refractivity contribution is 7.85. The summed E-state index contributed by atoms with van der Waals surface area (Å²) in [6.07, 6.45) is 0. The molecule has 0 aromatic heterocycles. The van der Waals surface area contributed by atoms with E-state index in [1.807, 2.05) is 0 Å². The average molecular weight is 369 g/mol. The Morgan fingerprint density at radius 3 is 2.38 bits per heavy atom. The van der Waals surface area contributed by atoms with Crippen LogP contribution in [-0.2, 0) is 21.2 Å². The molecule has 2 rings (SSSR count). The first-order chi connectivity index (χ1) is 11.3. The van der Waals surface area contributed by atoms with E-state index in [0.717, 1.165) is 0 Å². The van der Waals surface area contributed by atoms with Gasteiger partial charge in [-0.1, -0.05) is 23.4 Å². The van der Waals surface area contributed by atoms with Gasteiger partial charge in [0.25, 0.3) is 0 Å². The van der Waals surface area contributed by atoms with Crippen LogP contribution in [-0.4, -0.2) is 36.3 Å². The Kier molecular flexibility index (Phi) is 5.65. The largest absolute Gasteiger partial charge is 0.446 e. The summed E-state index contributed by atoms with van der Waals surface area (Å²) >= 11 is 0. The first kappa shape index (κ1) is 18.0. The van der Waals surface area contributed by atoms with Crippen LogP contribution in [0.15, 0.2) is 68.7 Å². The van der Waals surface area contributed by atoms with Crippen molar-refractivity contribution in [1.82, 2.24) is 5.01 Å². The van der Waals surface area contributed by atoms with Gasteiger partial charge in [0.05, 0.1) is 21.4 Å². The predicted molar refractivity (Wildman–Crippen MR) is 87.9 cm³/mol. The second-order valence-corrected chi connectivity index (χ2v) is 7.23. The maximum atomic E-state index is 12.6. The number of nitrogens with zero attached hydrogens (tertiary/aromatic N) is 3. The van der Waals surface area contributed by atoms with Crippen LogP contribution >= 0.6 is 0 Å². The van der Waals surface area contributed by atoms with E-state index in [1.165, 1.54) is 23.2 Å². The normalized spacial score (nSPS) is 13.0. The lowest BCUT2D eigenvalue weighted by molar-refractivity contribution is 0.383. The molecule has 0 aliphatic carbocycles. The smallest absolute Gasteiger partial charge is 0.360 e. The van der Waals surface area contributed by atoms with Crippen LogP contribution in [0.4, 0.5) is 5.69 Å². The Hall–Kier alpha value is -2.30. The van der Waals surface area contributed by atoms with Gasteiger partial charge in [-0.05, 0) is 24.3 Å². The van der Waals surface area contributed by atoms with Crippen LogP contribution in [0, 0.1) is 0 Å². The van der Waals surface area contributed by atoms with Crippen LogP contribution in [0.1, 0.15) is 0 Å². The second-order valence-electron chi connectivity index (χ2n) is 4.76. The zero-order valence-corrected chi connectivity index (χ0v) is 14.5. The number of hydrogen-bond acceptors (Lipinski definition) is 6. The van der Waals surface area contributed by atoms with Crippen LogP contribution in [0.5, 0.6) is 5.75 Å². The zero-order chi connectivity index (χ0) is 17.7. The number of benzene rings is 2. The fraction of sp³-hybridized carbons (Fsp3) is 0.143. The van der Waals surface area contributed by atoms with Gasteiger partial charge in [-0.2, -0.15) is 8.42 Å². The van der Waals surface area contributed by atoms with Crippen molar-refractivity contribution in [3.05, 3.63) is 48.5 Å². The summed E-state index contributed by atoms with van der Waals surface area (Å²) in [6.45, 7) is 0. The van der Waals surface area contributed by atoms with Crippen molar-refractivity contribution >= 4 is 26.9 Å². The molecule has 0 saturated heterocycles.